The Morgan fingerprint density at radius 1 is 1.22 bits per heavy atom. The topological polar surface area (TPSA) is 178 Å². The van der Waals surface area contributed by atoms with Crippen molar-refractivity contribution in [2.45, 2.75) is 97.2 Å². The van der Waals surface area contributed by atoms with Crippen LogP contribution in [0.25, 0.3) is 5.57 Å². The molecule has 2 unspecified atom stereocenters. The summed E-state index contributed by atoms with van der Waals surface area (Å²) < 4.78 is 18.7. The number of nitrogens with two attached hydrogens (primary N) is 2. The van der Waals surface area contributed by atoms with Crippen LogP contribution >= 0.6 is 11.6 Å². The maximum absolute atomic E-state index is 9.20. The van der Waals surface area contributed by atoms with Crippen LogP contribution in [0.15, 0.2) is 40.6 Å². The van der Waals surface area contributed by atoms with Crippen LogP contribution < -0.4 is 26.3 Å². The third-order valence-corrected chi connectivity index (χ3v) is 7.45. The Kier molecular flexibility index (Phi) is 18.0. The summed E-state index contributed by atoms with van der Waals surface area (Å²) in [5.74, 6) is 1.19. The van der Waals surface area contributed by atoms with E-state index in [1.807, 2.05) is 18.5 Å². The molecule has 12 nitrogen and oxygen atoms in total. The molecule has 0 amide bonds. The van der Waals surface area contributed by atoms with Crippen LogP contribution in [-0.2, 0) is 4.74 Å². The molecule has 0 spiro atoms. The van der Waals surface area contributed by atoms with Crippen LogP contribution in [0, 0.1) is 12.3 Å². The van der Waals surface area contributed by atoms with Gasteiger partial charge in [-0.05, 0) is 65.2 Å². The number of nitrogens with zero attached hydrogens (tertiary/aromatic N) is 4. The molecule has 1 aliphatic heterocycles. The highest BCUT2D eigenvalue weighted by Gasteiger charge is 2.18. The molecule has 1 aliphatic carbocycles. The van der Waals surface area contributed by atoms with E-state index < -0.39 is 6.10 Å². The minimum atomic E-state index is -0.450. The number of nitrogens with one attached hydrogen (secondary N) is 2. The Morgan fingerprint density at radius 3 is 2.48 bits per heavy atom. The number of hydrogen-bond donors (Lipinski definition) is 5. The summed E-state index contributed by atoms with van der Waals surface area (Å²) in [6.07, 6.45) is 13.7. The third kappa shape index (κ3) is 14.3. The Bertz CT molecular complexity index is 1250. The van der Waals surface area contributed by atoms with Gasteiger partial charge in [0.2, 0.25) is 5.88 Å². The quantitative estimate of drug-likeness (QED) is 0.167. The van der Waals surface area contributed by atoms with Crippen LogP contribution in [0.2, 0.25) is 5.02 Å². The van der Waals surface area contributed by atoms with Crippen LogP contribution in [0.5, 0.6) is 11.6 Å². The molecule has 2 aliphatic rings. The number of morpholine rings is 1. The van der Waals surface area contributed by atoms with E-state index in [0.29, 0.717) is 53.6 Å². The predicted molar refractivity (Wildman–Crippen MR) is 188 cm³/mol. The summed E-state index contributed by atoms with van der Waals surface area (Å²) in [4.78, 5) is 7.65. The number of aliphatic imine (C=N–C) groups is 2. The standard InChI is InChI=1S/C14H18ClN5O.C13H22N2O2.C6H13NO/c1-10(6-19-8-17)21-14-4-11(2-3-13(14)15)12(5-16)7-20-9-18;1-10-8-15(12-6-4-3-5-7-12)14-13(10)17-9-11(2)16;1-5-3-7-4-6(2)8-5/h2-5,7-10,18H,6,16H2,1H3,(H2,17,19);8,11-12,16H,3-7,9H2,1-2H3;5-7H,3-4H2,1-2H3/b12-5+,18-9?,20-7?;;/t10-;11-;/m01./s1. The summed E-state index contributed by atoms with van der Waals surface area (Å²) in [6, 6.07) is 5.81. The molecule has 4 rings (SSSR count). The molecule has 1 aromatic heterocycles. The highest BCUT2D eigenvalue weighted by molar-refractivity contribution is 6.32. The molecule has 1 saturated heterocycles. The first-order chi connectivity index (χ1) is 22.1. The lowest BCUT2D eigenvalue weighted by Crippen LogP contribution is -2.41. The van der Waals surface area contributed by atoms with E-state index in [4.69, 9.17) is 42.7 Å². The average Bonchev–Trinajstić information content (AvgIpc) is 3.42. The number of aromatic nitrogens is 2. The van der Waals surface area contributed by atoms with Crippen LogP contribution in [0.1, 0.15) is 77.0 Å². The summed E-state index contributed by atoms with van der Waals surface area (Å²) in [5.41, 5.74) is 13.3. The maximum Gasteiger partial charge on any atom is 0.235 e. The largest absolute Gasteiger partial charge is 0.487 e. The number of allylic oxidation sites excluding steroid dienone is 1. The second-order valence-electron chi connectivity index (χ2n) is 11.6. The van der Waals surface area contributed by atoms with Gasteiger partial charge in [-0.15, -0.1) is 5.10 Å². The molecule has 2 aromatic rings. The number of aliphatic hydroxyl groups excluding tert-OH is 1. The second-order valence-corrected chi connectivity index (χ2v) is 12.0. The zero-order chi connectivity index (χ0) is 33.9. The van der Waals surface area contributed by atoms with Crippen LogP contribution in [-0.4, -0.2) is 84.4 Å². The molecule has 13 heteroatoms. The van der Waals surface area contributed by atoms with Crippen molar-refractivity contribution >= 4 is 36.1 Å². The van der Waals surface area contributed by atoms with Crippen molar-refractivity contribution in [3.05, 3.63) is 46.7 Å². The molecule has 4 atom stereocenters. The Morgan fingerprint density at radius 2 is 1.91 bits per heavy atom. The molecule has 7 N–H and O–H groups in total. The van der Waals surface area contributed by atoms with E-state index in [2.05, 4.69) is 40.4 Å². The molecule has 256 valence electrons. The van der Waals surface area contributed by atoms with Gasteiger partial charge in [-0.2, -0.15) is 0 Å². The van der Waals surface area contributed by atoms with Gasteiger partial charge < -0.3 is 36.1 Å². The summed E-state index contributed by atoms with van der Waals surface area (Å²) in [6.45, 7) is 12.5. The first-order valence-corrected chi connectivity index (χ1v) is 16.3. The fourth-order valence-corrected chi connectivity index (χ4v) is 5.05. The molecular formula is C33H53ClN8O4. The normalized spacial score (nSPS) is 20.3. The number of halogens is 1. The average molecular weight is 661 g/mol. The lowest BCUT2D eigenvalue weighted by Gasteiger charge is -2.25. The van der Waals surface area contributed by atoms with Crippen molar-refractivity contribution in [2.24, 2.45) is 21.5 Å². The van der Waals surface area contributed by atoms with Crippen LogP contribution in [0.3, 0.4) is 0 Å². The molecule has 2 fully saturated rings. The molecular weight excluding hydrogens is 608 g/mol. The zero-order valence-electron chi connectivity index (χ0n) is 27.9. The first kappa shape index (κ1) is 38.7. The van der Waals surface area contributed by atoms with E-state index >= 15 is 0 Å². The highest BCUT2D eigenvalue weighted by atomic mass is 35.5. The lowest BCUT2D eigenvalue weighted by atomic mass is 9.96. The van der Waals surface area contributed by atoms with Crippen molar-refractivity contribution < 1.29 is 19.3 Å². The predicted octanol–water partition coefficient (Wildman–Crippen LogP) is 4.91. The molecule has 2 heterocycles. The maximum atomic E-state index is 9.20. The van der Waals surface area contributed by atoms with Gasteiger partial charge in [0.1, 0.15) is 24.8 Å². The van der Waals surface area contributed by atoms with Gasteiger partial charge in [-0.25, -0.2) is 4.99 Å². The fraction of sp³-hybridized carbons (Fsp3) is 0.576. The Labute approximate surface area is 278 Å². The van der Waals surface area contributed by atoms with Gasteiger partial charge in [0.15, 0.2) is 0 Å². The highest BCUT2D eigenvalue weighted by Crippen LogP contribution is 2.30. The molecule has 0 radical (unpaired) electrons. The number of aliphatic hydroxyl groups is 1. The minimum Gasteiger partial charge on any atom is -0.487 e. The van der Waals surface area contributed by atoms with Gasteiger partial charge in [-0.3, -0.25) is 15.1 Å². The Hall–Kier alpha value is -3.45. The fourth-order valence-electron chi connectivity index (χ4n) is 4.89. The minimum absolute atomic E-state index is 0.168. The van der Waals surface area contributed by atoms with Gasteiger partial charge >= 0.3 is 0 Å². The molecule has 0 bridgehead atoms. The van der Waals surface area contributed by atoms with Crippen molar-refractivity contribution in [3.63, 3.8) is 0 Å². The zero-order valence-corrected chi connectivity index (χ0v) is 28.6. The van der Waals surface area contributed by atoms with E-state index in [-0.39, 0.29) is 6.10 Å². The van der Waals surface area contributed by atoms with Crippen molar-refractivity contribution in [2.75, 3.05) is 26.2 Å². The SMILES string of the molecule is CC1CNCC(C)O1.C[C@@H](CN=CN)Oc1cc(/C(C=NC=N)=C/N)ccc1Cl.Cc1cn(C2CCCCC2)nc1OC[C@@H](C)O. The van der Waals surface area contributed by atoms with Gasteiger partial charge in [0.25, 0.3) is 0 Å². The van der Waals surface area contributed by atoms with Gasteiger partial charge in [-0.1, -0.05) is 36.9 Å². The number of aryl methyl sites for hydroxylation is 1. The third-order valence-electron chi connectivity index (χ3n) is 7.14. The second kappa shape index (κ2) is 21.4. The molecule has 1 saturated carbocycles. The van der Waals surface area contributed by atoms with E-state index in [0.717, 1.165) is 30.6 Å². The number of benzene rings is 1. The number of ether oxygens (including phenoxy) is 3. The molecule has 1 aromatic carbocycles. The number of hydrogen-bond acceptors (Lipinski definition) is 9. The van der Waals surface area contributed by atoms with Crippen LogP contribution in [0.4, 0.5) is 0 Å². The number of rotatable bonds is 11. The van der Waals surface area contributed by atoms with Crippen molar-refractivity contribution in [1.29, 1.82) is 5.41 Å². The van der Waals surface area contributed by atoms with E-state index in [1.165, 1.54) is 50.9 Å². The first-order valence-electron chi connectivity index (χ1n) is 15.9. The van der Waals surface area contributed by atoms with Gasteiger partial charge in [0, 0.05) is 42.8 Å². The molecule has 46 heavy (non-hydrogen) atoms. The summed E-state index contributed by atoms with van der Waals surface area (Å²) >= 11 is 6.12. The summed E-state index contributed by atoms with van der Waals surface area (Å²) in [5, 5.41) is 24.3. The van der Waals surface area contributed by atoms with Crippen molar-refractivity contribution in [3.8, 4) is 11.6 Å². The Balaban J connectivity index is 0.000000262. The van der Waals surface area contributed by atoms with E-state index in [9.17, 15) is 5.11 Å². The smallest absolute Gasteiger partial charge is 0.235 e. The monoisotopic (exact) mass is 660 g/mol. The van der Waals surface area contributed by atoms with Gasteiger partial charge in [0.05, 0.1) is 42.3 Å². The lowest BCUT2D eigenvalue weighted by molar-refractivity contribution is -0.0166. The summed E-state index contributed by atoms with van der Waals surface area (Å²) in [7, 11) is 0. The van der Waals surface area contributed by atoms with E-state index in [1.54, 1.807) is 25.1 Å². The van der Waals surface area contributed by atoms with Crippen molar-refractivity contribution in [1.82, 2.24) is 15.1 Å².